The van der Waals surface area contributed by atoms with E-state index in [0.29, 0.717) is 0 Å². The highest BCUT2D eigenvalue weighted by atomic mass is 32.2. The monoisotopic (exact) mass is 288 g/mol. The quantitative estimate of drug-likeness (QED) is 0.482. The van der Waals surface area contributed by atoms with Crippen LogP contribution in [0.2, 0.25) is 0 Å². The Hall–Kier alpha value is -0.550. The number of amidine groups is 1. The molecular weight excluding hydrogens is 277 g/mol. The van der Waals surface area contributed by atoms with E-state index in [0.717, 1.165) is 11.8 Å². The minimum absolute atomic E-state index is 0.0541. The standard InChI is InChI=1S/C8H11F3N2O4S/c9-8(10,11)5(16)4-3(15)2(14)1-6(17-4)18-7(12)13-1/h1-6,14-16H,(H2,12,13)/t1-,2-,3+,4+,5-,6-/m1/s1. The number of nitrogens with zero attached hydrogens (tertiary/aromatic N) is 1. The van der Waals surface area contributed by atoms with Crippen molar-refractivity contribution in [3.8, 4) is 0 Å². The topological polar surface area (TPSA) is 108 Å². The predicted molar refractivity (Wildman–Crippen MR) is 55.7 cm³/mol. The highest BCUT2D eigenvalue weighted by molar-refractivity contribution is 8.14. The third kappa shape index (κ3) is 2.30. The fourth-order valence-electron chi connectivity index (χ4n) is 1.85. The lowest BCUT2D eigenvalue weighted by Crippen LogP contribution is -2.60. The zero-order chi connectivity index (χ0) is 13.7. The highest BCUT2D eigenvalue weighted by Gasteiger charge is 2.55. The van der Waals surface area contributed by atoms with Gasteiger partial charge in [-0.05, 0) is 0 Å². The highest BCUT2D eigenvalue weighted by Crippen LogP contribution is 2.38. The van der Waals surface area contributed by atoms with E-state index in [9.17, 15) is 23.4 Å². The molecule has 104 valence electrons. The number of aliphatic hydroxyl groups is 3. The van der Waals surface area contributed by atoms with E-state index in [2.05, 4.69) is 4.99 Å². The number of hydrogen-bond acceptors (Lipinski definition) is 7. The van der Waals surface area contributed by atoms with Crippen LogP contribution in [0.4, 0.5) is 13.2 Å². The van der Waals surface area contributed by atoms with E-state index >= 15 is 0 Å². The van der Waals surface area contributed by atoms with Gasteiger partial charge in [0, 0.05) is 0 Å². The summed E-state index contributed by atoms with van der Waals surface area (Å²) in [7, 11) is 0. The molecule has 5 N–H and O–H groups in total. The van der Waals surface area contributed by atoms with Gasteiger partial charge in [0.2, 0.25) is 0 Å². The number of aliphatic imine (C=N–C) groups is 1. The molecule has 10 heteroatoms. The Labute approximate surface area is 104 Å². The Morgan fingerprint density at radius 1 is 1.33 bits per heavy atom. The van der Waals surface area contributed by atoms with E-state index in [4.69, 9.17) is 15.6 Å². The van der Waals surface area contributed by atoms with Gasteiger partial charge >= 0.3 is 6.18 Å². The van der Waals surface area contributed by atoms with Gasteiger partial charge in [0.1, 0.15) is 29.8 Å². The molecule has 2 aliphatic heterocycles. The summed E-state index contributed by atoms with van der Waals surface area (Å²) in [6, 6.07) is -0.929. The molecule has 0 unspecified atom stereocenters. The van der Waals surface area contributed by atoms with Crippen molar-refractivity contribution in [2.45, 2.75) is 42.1 Å². The van der Waals surface area contributed by atoms with Crippen LogP contribution in [0.1, 0.15) is 0 Å². The van der Waals surface area contributed by atoms with Crippen LogP contribution >= 0.6 is 11.8 Å². The maximum absolute atomic E-state index is 12.4. The zero-order valence-electron chi connectivity index (χ0n) is 8.78. The predicted octanol–water partition coefficient (Wildman–Crippen LogP) is -1.21. The number of ether oxygens (including phenoxy) is 1. The summed E-state index contributed by atoms with van der Waals surface area (Å²) >= 11 is 0.843. The molecule has 1 fully saturated rings. The summed E-state index contributed by atoms with van der Waals surface area (Å²) in [4.78, 5) is 3.76. The van der Waals surface area contributed by atoms with Crippen molar-refractivity contribution in [3.63, 3.8) is 0 Å². The van der Waals surface area contributed by atoms with Crippen molar-refractivity contribution in [3.05, 3.63) is 0 Å². The Balaban J connectivity index is 2.17. The molecule has 6 nitrogen and oxygen atoms in total. The van der Waals surface area contributed by atoms with Gasteiger partial charge in [-0.15, -0.1) is 0 Å². The molecule has 0 aromatic heterocycles. The second-order valence-electron chi connectivity index (χ2n) is 4.01. The number of aliphatic hydroxyl groups excluding tert-OH is 3. The first-order valence-corrected chi connectivity index (χ1v) is 5.86. The van der Waals surface area contributed by atoms with Crippen LogP contribution in [0.25, 0.3) is 0 Å². The van der Waals surface area contributed by atoms with Crippen molar-refractivity contribution in [1.82, 2.24) is 0 Å². The maximum Gasteiger partial charge on any atom is 0.417 e. The number of fused-ring (bicyclic) bond motifs is 1. The summed E-state index contributed by atoms with van der Waals surface area (Å²) in [6.07, 6.45) is -13.3. The van der Waals surface area contributed by atoms with Crippen LogP contribution in [-0.4, -0.2) is 62.6 Å². The van der Waals surface area contributed by atoms with Gasteiger partial charge in [0.25, 0.3) is 0 Å². The molecular formula is C8H11F3N2O4S. The van der Waals surface area contributed by atoms with Crippen molar-refractivity contribution in [2.24, 2.45) is 10.7 Å². The van der Waals surface area contributed by atoms with Crippen LogP contribution in [0, 0.1) is 0 Å². The van der Waals surface area contributed by atoms with Crippen LogP contribution in [0.5, 0.6) is 0 Å². The third-order valence-electron chi connectivity index (χ3n) is 2.77. The number of halogens is 3. The Kier molecular flexibility index (Phi) is 3.49. The van der Waals surface area contributed by atoms with Crippen LogP contribution in [0.3, 0.4) is 0 Å². The molecule has 0 aliphatic carbocycles. The maximum atomic E-state index is 12.4. The van der Waals surface area contributed by atoms with Gasteiger partial charge in [-0.1, -0.05) is 11.8 Å². The van der Waals surface area contributed by atoms with Gasteiger partial charge in [-0.3, -0.25) is 4.99 Å². The fourth-order valence-corrected chi connectivity index (χ4v) is 2.82. The Morgan fingerprint density at radius 3 is 2.50 bits per heavy atom. The van der Waals surface area contributed by atoms with Crippen molar-refractivity contribution in [1.29, 1.82) is 0 Å². The molecule has 1 saturated heterocycles. The van der Waals surface area contributed by atoms with Crippen LogP contribution in [0.15, 0.2) is 4.99 Å². The average Bonchev–Trinajstić information content (AvgIpc) is 2.62. The zero-order valence-corrected chi connectivity index (χ0v) is 9.60. The smallest absolute Gasteiger partial charge is 0.388 e. The van der Waals surface area contributed by atoms with Gasteiger partial charge in [-0.2, -0.15) is 13.2 Å². The number of rotatable bonds is 1. The van der Waals surface area contributed by atoms with E-state index in [-0.39, 0.29) is 5.17 Å². The number of hydrogen-bond donors (Lipinski definition) is 4. The molecule has 0 radical (unpaired) electrons. The summed E-state index contributed by atoms with van der Waals surface area (Å²) in [6.45, 7) is 0. The molecule has 2 aliphatic rings. The number of alkyl halides is 3. The van der Waals surface area contributed by atoms with Crippen LogP contribution < -0.4 is 5.73 Å². The van der Waals surface area contributed by atoms with E-state index in [1.165, 1.54) is 0 Å². The fraction of sp³-hybridized carbons (Fsp3) is 0.875. The first-order chi connectivity index (χ1) is 8.21. The van der Waals surface area contributed by atoms with Gasteiger partial charge in [0.15, 0.2) is 11.3 Å². The Morgan fingerprint density at radius 2 is 1.94 bits per heavy atom. The minimum Gasteiger partial charge on any atom is -0.388 e. The van der Waals surface area contributed by atoms with Crippen molar-refractivity contribution >= 4 is 16.9 Å². The Bertz CT molecular complexity index is 367. The summed E-state index contributed by atoms with van der Waals surface area (Å²) < 4.78 is 42.1. The summed E-state index contributed by atoms with van der Waals surface area (Å²) in [5, 5.41) is 28.4. The lowest BCUT2D eigenvalue weighted by molar-refractivity contribution is -0.271. The number of nitrogens with two attached hydrogens (primary N) is 1. The molecule has 0 aromatic rings. The summed E-state index contributed by atoms with van der Waals surface area (Å²) in [5.41, 5.74) is 4.43. The molecule has 2 rings (SSSR count). The first-order valence-electron chi connectivity index (χ1n) is 4.98. The molecule has 2 heterocycles. The van der Waals surface area contributed by atoms with Crippen molar-refractivity contribution in [2.75, 3.05) is 0 Å². The SMILES string of the molecule is NC1=N[C@@H]2[C@@H](O)[C@H](O)[C@@H]([C@@H](O)C(F)(F)F)O[C@@H]2S1. The van der Waals surface area contributed by atoms with Crippen molar-refractivity contribution < 1.29 is 33.2 Å². The number of thioether (sulfide) groups is 1. The molecule has 0 aromatic carbocycles. The second-order valence-corrected chi connectivity index (χ2v) is 5.13. The molecule has 6 atom stereocenters. The molecule has 0 spiro atoms. The van der Waals surface area contributed by atoms with Gasteiger partial charge in [0.05, 0.1) is 0 Å². The summed E-state index contributed by atoms with van der Waals surface area (Å²) in [5.74, 6) is 0. The van der Waals surface area contributed by atoms with Gasteiger partial charge in [-0.25, -0.2) is 0 Å². The first kappa shape index (κ1) is 13.9. The minimum atomic E-state index is -4.95. The van der Waals surface area contributed by atoms with Gasteiger partial charge < -0.3 is 25.8 Å². The molecule has 0 amide bonds. The largest absolute Gasteiger partial charge is 0.417 e. The second kappa shape index (κ2) is 4.53. The molecule has 0 saturated carbocycles. The normalized spacial score (nSPS) is 42.3. The molecule has 18 heavy (non-hydrogen) atoms. The van der Waals surface area contributed by atoms with E-state index in [1.807, 2.05) is 0 Å². The lowest BCUT2D eigenvalue weighted by atomic mass is 9.94. The lowest BCUT2D eigenvalue weighted by Gasteiger charge is -2.40. The van der Waals surface area contributed by atoms with E-state index < -0.39 is 42.1 Å². The molecule has 0 bridgehead atoms. The average molecular weight is 288 g/mol. The van der Waals surface area contributed by atoms with E-state index in [1.54, 1.807) is 0 Å². The third-order valence-corrected chi connectivity index (χ3v) is 3.74. The van der Waals surface area contributed by atoms with Crippen LogP contribution in [-0.2, 0) is 4.74 Å².